The SMILES string of the molecule is CC(C)[C@H](N)C(=O)NCC(=O)Nc1ccccc1C(=O)N(C)C. The van der Waals surface area contributed by atoms with Crippen molar-refractivity contribution >= 4 is 23.4 Å². The average Bonchev–Trinajstić information content (AvgIpc) is 2.51. The predicted octanol–water partition coefficient (Wildman–Crippen LogP) is 0.426. The number of anilines is 1. The van der Waals surface area contributed by atoms with E-state index in [1.165, 1.54) is 4.90 Å². The van der Waals surface area contributed by atoms with Crippen molar-refractivity contribution in [1.82, 2.24) is 10.2 Å². The normalized spacial score (nSPS) is 11.7. The van der Waals surface area contributed by atoms with Crippen LogP contribution in [0, 0.1) is 5.92 Å². The van der Waals surface area contributed by atoms with Crippen molar-refractivity contribution in [3.63, 3.8) is 0 Å². The minimum Gasteiger partial charge on any atom is -0.346 e. The fourth-order valence-electron chi connectivity index (χ4n) is 1.80. The third-order valence-electron chi connectivity index (χ3n) is 3.28. The van der Waals surface area contributed by atoms with Gasteiger partial charge in [0.2, 0.25) is 11.8 Å². The van der Waals surface area contributed by atoms with E-state index in [2.05, 4.69) is 10.6 Å². The summed E-state index contributed by atoms with van der Waals surface area (Å²) in [5.74, 6) is -1.04. The summed E-state index contributed by atoms with van der Waals surface area (Å²) in [5, 5.41) is 5.11. The summed E-state index contributed by atoms with van der Waals surface area (Å²) in [7, 11) is 3.27. The van der Waals surface area contributed by atoms with Crippen LogP contribution in [0.4, 0.5) is 5.69 Å². The van der Waals surface area contributed by atoms with Gasteiger partial charge < -0.3 is 21.3 Å². The van der Waals surface area contributed by atoms with Crippen LogP contribution in [0.2, 0.25) is 0 Å². The summed E-state index contributed by atoms with van der Waals surface area (Å²) in [6.07, 6.45) is 0. The van der Waals surface area contributed by atoms with Crippen molar-refractivity contribution in [2.75, 3.05) is 26.0 Å². The van der Waals surface area contributed by atoms with Gasteiger partial charge in [0, 0.05) is 14.1 Å². The molecule has 1 rings (SSSR count). The van der Waals surface area contributed by atoms with E-state index in [9.17, 15) is 14.4 Å². The molecular formula is C16H24N4O3. The van der Waals surface area contributed by atoms with Crippen LogP contribution in [0.5, 0.6) is 0 Å². The zero-order valence-electron chi connectivity index (χ0n) is 13.9. The van der Waals surface area contributed by atoms with Crippen LogP contribution in [0.3, 0.4) is 0 Å². The zero-order chi connectivity index (χ0) is 17.6. The fourth-order valence-corrected chi connectivity index (χ4v) is 1.80. The first kappa shape index (κ1) is 18.6. The summed E-state index contributed by atoms with van der Waals surface area (Å²) in [6.45, 7) is 3.45. The molecule has 23 heavy (non-hydrogen) atoms. The number of hydrogen-bond acceptors (Lipinski definition) is 4. The molecule has 4 N–H and O–H groups in total. The largest absolute Gasteiger partial charge is 0.346 e. The topological polar surface area (TPSA) is 105 Å². The van der Waals surface area contributed by atoms with E-state index in [0.717, 1.165) is 0 Å². The lowest BCUT2D eigenvalue weighted by Gasteiger charge is -2.16. The van der Waals surface area contributed by atoms with Gasteiger partial charge in [-0.3, -0.25) is 14.4 Å². The van der Waals surface area contributed by atoms with Gasteiger partial charge >= 0.3 is 0 Å². The van der Waals surface area contributed by atoms with Crippen LogP contribution >= 0.6 is 0 Å². The third kappa shape index (κ3) is 5.37. The number of benzene rings is 1. The molecule has 3 amide bonds. The first-order valence-corrected chi connectivity index (χ1v) is 7.37. The lowest BCUT2D eigenvalue weighted by Crippen LogP contribution is -2.46. The highest BCUT2D eigenvalue weighted by atomic mass is 16.2. The Bertz CT molecular complexity index is 584. The average molecular weight is 320 g/mol. The van der Waals surface area contributed by atoms with Gasteiger partial charge in [-0.2, -0.15) is 0 Å². The van der Waals surface area contributed by atoms with E-state index >= 15 is 0 Å². The summed E-state index contributed by atoms with van der Waals surface area (Å²) >= 11 is 0. The number of nitrogens with zero attached hydrogens (tertiary/aromatic N) is 1. The van der Waals surface area contributed by atoms with E-state index in [-0.39, 0.29) is 24.3 Å². The minimum absolute atomic E-state index is 0.0171. The van der Waals surface area contributed by atoms with Crippen LogP contribution in [0.15, 0.2) is 24.3 Å². The first-order chi connectivity index (χ1) is 10.7. The second-order valence-corrected chi connectivity index (χ2v) is 5.78. The van der Waals surface area contributed by atoms with Crippen molar-refractivity contribution in [1.29, 1.82) is 0 Å². The van der Waals surface area contributed by atoms with Gasteiger partial charge in [-0.25, -0.2) is 0 Å². The molecule has 0 aliphatic rings. The van der Waals surface area contributed by atoms with Gasteiger partial charge in [0.05, 0.1) is 23.8 Å². The molecule has 7 heteroatoms. The lowest BCUT2D eigenvalue weighted by molar-refractivity contribution is -0.125. The highest BCUT2D eigenvalue weighted by Gasteiger charge is 2.18. The van der Waals surface area contributed by atoms with Gasteiger partial charge in [-0.1, -0.05) is 26.0 Å². The second-order valence-electron chi connectivity index (χ2n) is 5.78. The number of rotatable bonds is 6. The van der Waals surface area contributed by atoms with Crippen LogP contribution in [0.25, 0.3) is 0 Å². The molecule has 0 saturated carbocycles. The van der Waals surface area contributed by atoms with Crippen molar-refractivity contribution in [2.24, 2.45) is 11.7 Å². The standard InChI is InChI=1S/C16H24N4O3/c1-10(2)14(17)15(22)18-9-13(21)19-12-8-6-5-7-11(12)16(23)20(3)4/h5-8,10,14H,9,17H2,1-4H3,(H,18,22)(H,19,21)/t14-/m0/s1. The minimum atomic E-state index is -0.662. The van der Waals surface area contributed by atoms with Gasteiger partial charge in [-0.05, 0) is 18.1 Å². The Morgan fingerprint density at radius 2 is 1.78 bits per heavy atom. The molecule has 0 aliphatic carbocycles. The Balaban J connectivity index is 2.69. The first-order valence-electron chi connectivity index (χ1n) is 7.37. The van der Waals surface area contributed by atoms with Crippen molar-refractivity contribution in [3.8, 4) is 0 Å². The molecule has 0 aliphatic heterocycles. The second kappa shape index (κ2) is 8.28. The van der Waals surface area contributed by atoms with Crippen LogP contribution in [-0.2, 0) is 9.59 Å². The molecule has 0 heterocycles. The number of nitrogens with two attached hydrogens (primary N) is 1. The number of amides is 3. The van der Waals surface area contributed by atoms with Gasteiger partial charge in [0.25, 0.3) is 5.91 Å². The molecule has 126 valence electrons. The Morgan fingerprint density at radius 3 is 2.35 bits per heavy atom. The van der Waals surface area contributed by atoms with E-state index in [1.54, 1.807) is 38.4 Å². The molecule has 0 radical (unpaired) electrons. The summed E-state index contributed by atoms with van der Waals surface area (Å²) in [6, 6.07) is 6.04. The fraction of sp³-hybridized carbons (Fsp3) is 0.438. The van der Waals surface area contributed by atoms with Gasteiger partial charge in [0.15, 0.2) is 0 Å². The summed E-state index contributed by atoms with van der Waals surface area (Å²) in [5.41, 5.74) is 6.49. The maximum Gasteiger partial charge on any atom is 0.255 e. The number of hydrogen-bond donors (Lipinski definition) is 3. The monoisotopic (exact) mass is 320 g/mol. The predicted molar refractivity (Wildman–Crippen MR) is 88.9 cm³/mol. The molecule has 1 atom stereocenters. The maximum atomic E-state index is 12.1. The number of para-hydroxylation sites is 1. The Labute approximate surface area is 136 Å². The molecule has 0 bridgehead atoms. The maximum absolute atomic E-state index is 12.1. The quantitative estimate of drug-likeness (QED) is 0.707. The van der Waals surface area contributed by atoms with E-state index in [1.807, 2.05) is 13.8 Å². The smallest absolute Gasteiger partial charge is 0.255 e. The number of carbonyl (C=O) groups excluding carboxylic acids is 3. The molecule has 0 fully saturated rings. The zero-order valence-corrected chi connectivity index (χ0v) is 13.9. The van der Waals surface area contributed by atoms with Crippen molar-refractivity contribution < 1.29 is 14.4 Å². The van der Waals surface area contributed by atoms with Crippen LogP contribution in [0.1, 0.15) is 24.2 Å². The van der Waals surface area contributed by atoms with E-state index in [4.69, 9.17) is 5.73 Å². The Morgan fingerprint density at radius 1 is 1.17 bits per heavy atom. The van der Waals surface area contributed by atoms with Gasteiger partial charge in [0.1, 0.15) is 0 Å². The van der Waals surface area contributed by atoms with Crippen molar-refractivity contribution in [2.45, 2.75) is 19.9 Å². The summed E-state index contributed by atoms with van der Waals surface area (Å²) in [4.78, 5) is 37.2. The van der Waals surface area contributed by atoms with Gasteiger partial charge in [-0.15, -0.1) is 0 Å². The summed E-state index contributed by atoms with van der Waals surface area (Å²) < 4.78 is 0. The number of carbonyl (C=O) groups is 3. The molecule has 0 spiro atoms. The molecular weight excluding hydrogens is 296 g/mol. The van der Waals surface area contributed by atoms with Crippen LogP contribution in [-0.4, -0.2) is 49.3 Å². The molecule has 1 aromatic rings. The molecule has 0 aromatic heterocycles. The Hall–Kier alpha value is -2.41. The van der Waals surface area contributed by atoms with Crippen molar-refractivity contribution in [3.05, 3.63) is 29.8 Å². The third-order valence-corrected chi connectivity index (χ3v) is 3.28. The highest BCUT2D eigenvalue weighted by Crippen LogP contribution is 2.16. The molecule has 7 nitrogen and oxygen atoms in total. The van der Waals surface area contributed by atoms with E-state index < -0.39 is 11.9 Å². The lowest BCUT2D eigenvalue weighted by atomic mass is 10.1. The van der Waals surface area contributed by atoms with Crippen LogP contribution < -0.4 is 16.4 Å². The Kier molecular flexibility index (Phi) is 6.71. The molecule has 1 aromatic carbocycles. The van der Waals surface area contributed by atoms with E-state index in [0.29, 0.717) is 11.3 Å². The molecule has 0 saturated heterocycles. The highest BCUT2D eigenvalue weighted by molar-refractivity contribution is 6.04. The number of nitrogens with one attached hydrogen (secondary N) is 2. The molecule has 0 unspecified atom stereocenters.